The average Bonchev–Trinajstić information content (AvgIpc) is 3.05. The summed E-state index contributed by atoms with van der Waals surface area (Å²) in [6.07, 6.45) is 5.21. The Balaban J connectivity index is 2.16. The Labute approximate surface area is 143 Å². The third kappa shape index (κ3) is 3.35. The maximum Gasteiger partial charge on any atom is 0.250 e. The van der Waals surface area contributed by atoms with Crippen molar-refractivity contribution in [2.24, 2.45) is 0 Å². The molecule has 0 aliphatic carbocycles. The minimum absolute atomic E-state index is 0.0646. The van der Waals surface area contributed by atoms with Crippen molar-refractivity contribution in [3.63, 3.8) is 0 Å². The van der Waals surface area contributed by atoms with E-state index in [2.05, 4.69) is 26.1 Å². The van der Waals surface area contributed by atoms with Crippen molar-refractivity contribution in [2.45, 2.75) is 39.4 Å². The van der Waals surface area contributed by atoms with Crippen molar-refractivity contribution in [1.29, 1.82) is 0 Å². The zero-order chi connectivity index (χ0) is 16.5. The SMILES string of the molecule is CCn1cc(Cl)c(CN(C)C(=O)C(C)(C)n2cc(Br)cn2)n1. The molecule has 0 unspecified atom stereocenters. The fourth-order valence-corrected chi connectivity index (χ4v) is 2.67. The van der Waals surface area contributed by atoms with E-state index in [9.17, 15) is 4.79 Å². The predicted octanol–water partition coefficient (Wildman–Crippen LogP) is 2.91. The first-order chi connectivity index (χ1) is 10.3. The Morgan fingerprint density at radius 2 is 2.14 bits per heavy atom. The number of halogens is 2. The fourth-order valence-electron chi connectivity index (χ4n) is 2.17. The highest BCUT2D eigenvalue weighted by Crippen LogP contribution is 2.22. The zero-order valence-electron chi connectivity index (χ0n) is 13.0. The van der Waals surface area contributed by atoms with Crippen molar-refractivity contribution in [3.8, 4) is 0 Å². The molecular weight excluding hydrogens is 370 g/mol. The molecule has 0 N–H and O–H groups in total. The van der Waals surface area contributed by atoms with E-state index in [0.29, 0.717) is 17.3 Å². The second-order valence-electron chi connectivity index (χ2n) is 5.60. The molecule has 0 aliphatic rings. The van der Waals surface area contributed by atoms with E-state index in [4.69, 9.17) is 11.6 Å². The summed E-state index contributed by atoms with van der Waals surface area (Å²) in [5.74, 6) is -0.0646. The monoisotopic (exact) mass is 387 g/mol. The number of hydrogen-bond acceptors (Lipinski definition) is 3. The van der Waals surface area contributed by atoms with Crippen molar-refractivity contribution in [1.82, 2.24) is 24.5 Å². The van der Waals surface area contributed by atoms with Gasteiger partial charge in [0.2, 0.25) is 5.91 Å². The minimum Gasteiger partial charge on any atom is -0.338 e. The molecule has 0 radical (unpaired) electrons. The smallest absolute Gasteiger partial charge is 0.250 e. The fraction of sp³-hybridized carbons (Fsp3) is 0.500. The number of carbonyl (C=O) groups is 1. The normalized spacial score (nSPS) is 11.7. The quantitative estimate of drug-likeness (QED) is 0.791. The first-order valence-corrected chi connectivity index (χ1v) is 8.10. The predicted molar refractivity (Wildman–Crippen MR) is 88.6 cm³/mol. The standard InChI is InChI=1S/C14H19BrClN5O/c1-5-20-8-11(16)12(18-20)9-19(4)13(22)14(2,3)21-7-10(15)6-17-21/h6-8H,5,9H2,1-4H3. The minimum atomic E-state index is -0.791. The molecule has 2 aromatic heterocycles. The van der Waals surface area contributed by atoms with E-state index in [1.54, 1.807) is 39.9 Å². The second-order valence-corrected chi connectivity index (χ2v) is 6.93. The van der Waals surface area contributed by atoms with E-state index >= 15 is 0 Å². The van der Waals surface area contributed by atoms with Gasteiger partial charge in [0, 0.05) is 26.0 Å². The van der Waals surface area contributed by atoms with Crippen LogP contribution in [0.5, 0.6) is 0 Å². The van der Waals surface area contributed by atoms with Crippen molar-refractivity contribution in [3.05, 3.63) is 33.8 Å². The van der Waals surface area contributed by atoms with Crippen LogP contribution >= 0.6 is 27.5 Å². The van der Waals surface area contributed by atoms with Gasteiger partial charge in [0.05, 0.1) is 22.2 Å². The Bertz CT molecular complexity index is 679. The van der Waals surface area contributed by atoms with Crippen LogP contribution in [0.3, 0.4) is 0 Å². The van der Waals surface area contributed by atoms with Crippen molar-refractivity contribution < 1.29 is 4.79 Å². The maximum atomic E-state index is 12.7. The molecule has 2 rings (SSSR count). The molecule has 0 atom stereocenters. The topological polar surface area (TPSA) is 56.0 Å². The van der Waals surface area contributed by atoms with Crippen molar-refractivity contribution >= 4 is 33.4 Å². The van der Waals surface area contributed by atoms with Gasteiger partial charge in [-0.15, -0.1) is 0 Å². The first-order valence-electron chi connectivity index (χ1n) is 6.93. The van der Waals surface area contributed by atoms with Gasteiger partial charge in [-0.05, 0) is 36.7 Å². The second kappa shape index (κ2) is 6.42. The number of rotatable bonds is 5. The molecule has 1 amide bonds. The number of nitrogens with zero attached hydrogens (tertiary/aromatic N) is 5. The Morgan fingerprint density at radius 1 is 1.45 bits per heavy atom. The summed E-state index contributed by atoms with van der Waals surface area (Å²) in [6, 6.07) is 0. The summed E-state index contributed by atoms with van der Waals surface area (Å²) in [5, 5.41) is 9.15. The van der Waals surface area contributed by atoms with Gasteiger partial charge in [0.25, 0.3) is 0 Å². The molecule has 0 fully saturated rings. The van der Waals surface area contributed by atoms with E-state index in [1.165, 1.54) is 0 Å². The lowest BCUT2D eigenvalue weighted by Gasteiger charge is -2.29. The number of likely N-dealkylation sites (N-methyl/N-ethyl adjacent to an activating group) is 1. The van der Waals surface area contributed by atoms with Crippen LogP contribution < -0.4 is 0 Å². The molecule has 6 nitrogen and oxygen atoms in total. The number of aryl methyl sites for hydroxylation is 1. The lowest BCUT2D eigenvalue weighted by molar-refractivity contribution is -0.139. The number of carbonyl (C=O) groups excluding carboxylic acids is 1. The van der Waals surface area contributed by atoms with Crippen LogP contribution in [0.1, 0.15) is 26.5 Å². The van der Waals surface area contributed by atoms with Gasteiger partial charge in [-0.2, -0.15) is 10.2 Å². The molecule has 0 saturated heterocycles. The molecule has 0 aliphatic heterocycles. The maximum absolute atomic E-state index is 12.7. The largest absolute Gasteiger partial charge is 0.338 e. The molecule has 22 heavy (non-hydrogen) atoms. The van der Waals surface area contributed by atoms with Gasteiger partial charge >= 0.3 is 0 Å². The van der Waals surface area contributed by atoms with E-state index in [1.807, 2.05) is 20.8 Å². The lowest BCUT2D eigenvalue weighted by atomic mass is 10.0. The molecule has 0 bridgehead atoms. The summed E-state index contributed by atoms with van der Waals surface area (Å²) >= 11 is 9.51. The van der Waals surface area contributed by atoms with Gasteiger partial charge in [0.15, 0.2) is 0 Å². The molecule has 0 aromatic carbocycles. The average molecular weight is 389 g/mol. The van der Waals surface area contributed by atoms with Crippen LogP contribution in [0.15, 0.2) is 23.1 Å². The van der Waals surface area contributed by atoms with Gasteiger partial charge in [0.1, 0.15) is 11.2 Å². The molecule has 2 heterocycles. The van der Waals surface area contributed by atoms with Crippen LogP contribution in [0.25, 0.3) is 0 Å². The van der Waals surface area contributed by atoms with Gasteiger partial charge in [-0.25, -0.2) is 0 Å². The van der Waals surface area contributed by atoms with Crippen LogP contribution in [0.4, 0.5) is 0 Å². The van der Waals surface area contributed by atoms with Crippen LogP contribution in [-0.2, 0) is 23.4 Å². The highest BCUT2D eigenvalue weighted by atomic mass is 79.9. The van der Waals surface area contributed by atoms with Crippen LogP contribution in [-0.4, -0.2) is 37.4 Å². The summed E-state index contributed by atoms with van der Waals surface area (Å²) in [6.45, 7) is 6.75. The summed E-state index contributed by atoms with van der Waals surface area (Å²) in [4.78, 5) is 14.4. The van der Waals surface area contributed by atoms with E-state index in [0.717, 1.165) is 11.0 Å². The third-order valence-electron chi connectivity index (χ3n) is 3.49. The van der Waals surface area contributed by atoms with Crippen LogP contribution in [0.2, 0.25) is 5.02 Å². The molecule has 0 saturated carbocycles. The molecule has 0 spiro atoms. The molecule has 120 valence electrons. The summed E-state index contributed by atoms with van der Waals surface area (Å²) in [5.41, 5.74) is -0.0996. The van der Waals surface area contributed by atoms with E-state index in [-0.39, 0.29) is 5.91 Å². The Kier molecular flexibility index (Phi) is 4.97. The third-order valence-corrected chi connectivity index (χ3v) is 4.22. The molecule has 2 aromatic rings. The van der Waals surface area contributed by atoms with Gasteiger partial charge < -0.3 is 4.90 Å². The molecule has 8 heteroatoms. The Hall–Kier alpha value is -1.34. The number of hydrogen-bond donors (Lipinski definition) is 0. The molecular formula is C14H19BrClN5O. The lowest BCUT2D eigenvalue weighted by Crippen LogP contribution is -2.45. The zero-order valence-corrected chi connectivity index (χ0v) is 15.4. The number of aromatic nitrogens is 4. The first kappa shape index (κ1) is 17.0. The van der Waals surface area contributed by atoms with Crippen molar-refractivity contribution in [2.75, 3.05) is 7.05 Å². The summed E-state index contributed by atoms with van der Waals surface area (Å²) in [7, 11) is 1.74. The van der Waals surface area contributed by atoms with Gasteiger partial charge in [-0.1, -0.05) is 11.6 Å². The Morgan fingerprint density at radius 3 is 2.64 bits per heavy atom. The van der Waals surface area contributed by atoms with Crippen LogP contribution in [0, 0.1) is 0 Å². The van der Waals surface area contributed by atoms with E-state index < -0.39 is 5.54 Å². The van der Waals surface area contributed by atoms with Gasteiger partial charge in [-0.3, -0.25) is 14.2 Å². The summed E-state index contributed by atoms with van der Waals surface area (Å²) < 4.78 is 4.23. The highest BCUT2D eigenvalue weighted by molar-refractivity contribution is 9.10. The highest BCUT2D eigenvalue weighted by Gasteiger charge is 2.33. The number of amides is 1.